The third kappa shape index (κ3) is 1.81. The molecule has 1 fully saturated rings. The summed E-state index contributed by atoms with van der Waals surface area (Å²) in [5, 5.41) is 0. The molecule has 0 N–H and O–H groups in total. The minimum atomic E-state index is 0.228. The van der Waals surface area contributed by atoms with Crippen molar-refractivity contribution >= 4 is 0 Å². The van der Waals surface area contributed by atoms with Crippen molar-refractivity contribution in [1.29, 1.82) is 0 Å². The average molecular weight is 230 g/mol. The second-order valence-corrected chi connectivity index (χ2v) is 5.01. The summed E-state index contributed by atoms with van der Waals surface area (Å²) in [6.07, 6.45) is 9.98. The Kier molecular flexibility index (Phi) is 2.77. The Bertz CT molecular complexity index is 367. The molecule has 3 aliphatic rings. The molecule has 2 heterocycles. The maximum Gasteiger partial charge on any atom is 0.0910 e. The second-order valence-electron chi connectivity index (χ2n) is 5.01. The first-order valence-corrected chi connectivity index (χ1v) is 6.21. The third-order valence-electron chi connectivity index (χ3n) is 3.98. The van der Waals surface area contributed by atoms with Crippen LogP contribution in [-0.2, 0) is 9.47 Å². The number of rotatable bonds is 2. The zero-order chi connectivity index (χ0) is 11.8. The molecule has 0 bridgehead atoms. The molecule has 17 heavy (non-hydrogen) atoms. The molecule has 0 radical (unpaired) electrons. The van der Waals surface area contributed by atoms with E-state index in [1.165, 1.54) is 11.1 Å². The van der Waals surface area contributed by atoms with E-state index in [2.05, 4.69) is 25.3 Å². The molecular formula is C15H18O2. The molecule has 1 saturated carbocycles. The Morgan fingerprint density at radius 3 is 1.82 bits per heavy atom. The van der Waals surface area contributed by atoms with Crippen LogP contribution in [0.15, 0.2) is 48.6 Å². The molecule has 2 heteroatoms. The molecule has 2 nitrogen and oxygen atoms in total. The van der Waals surface area contributed by atoms with Crippen molar-refractivity contribution in [3.05, 3.63) is 48.6 Å². The molecule has 4 atom stereocenters. The first-order valence-electron chi connectivity index (χ1n) is 6.21. The molecule has 2 aliphatic heterocycles. The van der Waals surface area contributed by atoms with E-state index in [9.17, 15) is 0 Å². The van der Waals surface area contributed by atoms with Crippen molar-refractivity contribution in [2.45, 2.75) is 18.6 Å². The molecule has 1 aliphatic carbocycles. The van der Waals surface area contributed by atoms with Gasteiger partial charge in [0.2, 0.25) is 0 Å². The predicted octanol–water partition coefficient (Wildman–Crippen LogP) is 2.64. The van der Waals surface area contributed by atoms with Crippen LogP contribution < -0.4 is 0 Å². The summed E-state index contributed by atoms with van der Waals surface area (Å²) in [4.78, 5) is 0. The highest BCUT2D eigenvalue weighted by molar-refractivity contribution is 5.27. The van der Waals surface area contributed by atoms with Crippen LogP contribution in [0.4, 0.5) is 0 Å². The highest BCUT2D eigenvalue weighted by Crippen LogP contribution is 2.42. The molecule has 0 saturated heterocycles. The van der Waals surface area contributed by atoms with E-state index in [-0.39, 0.29) is 12.2 Å². The highest BCUT2D eigenvalue weighted by atomic mass is 16.5. The van der Waals surface area contributed by atoms with E-state index < -0.39 is 0 Å². The molecule has 3 rings (SSSR count). The molecule has 0 aromatic heterocycles. The smallest absolute Gasteiger partial charge is 0.0910 e. The summed E-state index contributed by atoms with van der Waals surface area (Å²) >= 11 is 0. The van der Waals surface area contributed by atoms with Crippen LogP contribution >= 0.6 is 0 Å². The quantitative estimate of drug-likeness (QED) is 0.726. The Labute approximate surface area is 102 Å². The second kappa shape index (κ2) is 4.28. The molecule has 90 valence electrons. The Balaban J connectivity index is 1.84. The monoisotopic (exact) mass is 230 g/mol. The predicted molar refractivity (Wildman–Crippen MR) is 67.6 cm³/mol. The van der Waals surface area contributed by atoms with Gasteiger partial charge < -0.3 is 9.47 Å². The number of hydrogen-bond acceptors (Lipinski definition) is 2. The van der Waals surface area contributed by atoms with Crippen LogP contribution in [0.1, 0.15) is 6.42 Å². The average Bonchev–Trinajstić information content (AvgIpc) is 2.74. The van der Waals surface area contributed by atoms with Crippen molar-refractivity contribution in [3.63, 3.8) is 0 Å². The minimum Gasteiger partial charge on any atom is -0.370 e. The number of hydrogen-bond donors (Lipinski definition) is 0. The SMILES string of the molecule is C=CC1=C[C@H]2C[C@H]3C=C(C=C)CO[C@H]3[C@H]2OC1. The molecular weight excluding hydrogens is 212 g/mol. The van der Waals surface area contributed by atoms with Gasteiger partial charge >= 0.3 is 0 Å². The lowest BCUT2D eigenvalue weighted by Gasteiger charge is -2.31. The summed E-state index contributed by atoms with van der Waals surface area (Å²) in [6, 6.07) is 0. The highest BCUT2D eigenvalue weighted by Gasteiger charge is 2.45. The van der Waals surface area contributed by atoms with Crippen molar-refractivity contribution in [1.82, 2.24) is 0 Å². The third-order valence-corrected chi connectivity index (χ3v) is 3.98. The van der Waals surface area contributed by atoms with Crippen molar-refractivity contribution in [2.75, 3.05) is 13.2 Å². The van der Waals surface area contributed by atoms with Gasteiger partial charge in [0, 0.05) is 11.8 Å². The van der Waals surface area contributed by atoms with Crippen molar-refractivity contribution in [3.8, 4) is 0 Å². The van der Waals surface area contributed by atoms with Crippen LogP contribution in [0.2, 0.25) is 0 Å². The van der Waals surface area contributed by atoms with Gasteiger partial charge in [-0.1, -0.05) is 37.5 Å². The van der Waals surface area contributed by atoms with Gasteiger partial charge in [-0.3, -0.25) is 0 Å². The fraction of sp³-hybridized carbons (Fsp3) is 0.467. The molecule has 0 amide bonds. The van der Waals surface area contributed by atoms with E-state index in [4.69, 9.17) is 9.47 Å². The summed E-state index contributed by atoms with van der Waals surface area (Å²) in [5.74, 6) is 0.958. The van der Waals surface area contributed by atoms with Gasteiger partial charge in [0.15, 0.2) is 0 Å². The van der Waals surface area contributed by atoms with Gasteiger partial charge in [-0.2, -0.15) is 0 Å². The lowest BCUT2D eigenvalue weighted by Crippen LogP contribution is -2.37. The lowest BCUT2D eigenvalue weighted by molar-refractivity contribution is -0.0705. The molecule has 0 aromatic carbocycles. The Hall–Kier alpha value is -1.12. The van der Waals surface area contributed by atoms with E-state index >= 15 is 0 Å². The maximum atomic E-state index is 5.92. The van der Waals surface area contributed by atoms with E-state index in [0.717, 1.165) is 6.42 Å². The van der Waals surface area contributed by atoms with Crippen molar-refractivity contribution < 1.29 is 9.47 Å². The molecule has 0 aromatic rings. The number of fused-ring (bicyclic) bond motifs is 3. The summed E-state index contributed by atoms with van der Waals surface area (Å²) < 4.78 is 11.8. The molecule has 0 spiro atoms. The normalized spacial score (nSPS) is 39.8. The fourth-order valence-electron chi connectivity index (χ4n) is 3.12. The van der Waals surface area contributed by atoms with E-state index in [0.29, 0.717) is 25.0 Å². The lowest BCUT2D eigenvalue weighted by atomic mass is 9.98. The first-order chi connectivity index (χ1) is 8.31. The maximum absolute atomic E-state index is 5.92. The van der Waals surface area contributed by atoms with Gasteiger partial charge in [0.05, 0.1) is 25.4 Å². The van der Waals surface area contributed by atoms with Gasteiger partial charge in [-0.05, 0) is 17.6 Å². The van der Waals surface area contributed by atoms with Crippen molar-refractivity contribution in [2.24, 2.45) is 11.8 Å². The Morgan fingerprint density at radius 2 is 1.41 bits per heavy atom. The minimum absolute atomic E-state index is 0.228. The molecule has 0 unspecified atom stereocenters. The van der Waals surface area contributed by atoms with Crippen LogP contribution in [0, 0.1) is 11.8 Å². The van der Waals surface area contributed by atoms with Crippen LogP contribution in [0.3, 0.4) is 0 Å². The standard InChI is InChI=1S/C15H18O2/c1-3-10-5-12-7-13-6-11(4-2)9-17-15(13)14(12)16-8-10/h3-6,12-15H,1-2,7-9H2/t12-,13+,14-,15+. The van der Waals surface area contributed by atoms with Crippen LogP contribution in [-0.4, -0.2) is 25.4 Å². The zero-order valence-corrected chi connectivity index (χ0v) is 9.97. The van der Waals surface area contributed by atoms with Crippen LogP contribution in [0.25, 0.3) is 0 Å². The van der Waals surface area contributed by atoms with Crippen LogP contribution in [0.5, 0.6) is 0 Å². The summed E-state index contributed by atoms with van der Waals surface area (Å²) in [5.41, 5.74) is 2.41. The van der Waals surface area contributed by atoms with Gasteiger partial charge in [-0.15, -0.1) is 0 Å². The van der Waals surface area contributed by atoms with E-state index in [1.807, 2.05) is 12.2 Å². The van der Waals surface area contributed by atoms with Gasteiger partial charge in [0.25, 0.3) is 0 Å². The largest absolute Gasteiger partial charge is 0.370 e. The summed E-state index contributed by atoms with van der Waals surface area (Å²) in [7, 11) is 0. The van der Waals surface area contributed by atoms with Gasteiger partial charge in [0.1, 0.15) is 0 Å². The summed E-state index contributed by atoms with van der Waals surface area (Å²) in [6.45, 7) is 8.97. The fourth-order valence-corrected chi connectivity index (χ4v) is 3.12. The topological polar surface area (TPSA) is 18.5 Å². The zero-order valence-electron chi connectivity index (χ0n) is 9.97. The Morgan fingerprint density at radius 1 is 0.941 bits per heavy atom. The van der Waals surface area contributed by atoms with E-state index in [1.54, 1.807) is 0 Å². The number of ether oxygens (including phenoxy) is 2. The first kappa shape index (κ1) is 11.0. The van der Waals surface area contributed by atoms with Gasteiger partial charge in [-0.25, -0.2) is 0 Å².